The van der Waals surface area contributed by atoms with Gasteiger partial charge in [0.2, 0.25) is 10.0 Å². The standard InChI is InChI=1S/C11H17ClN2O3S/c1-8(2)14(5-6-15)18(16,17)11-7-9(12)3-4-10(11)13/h3-4,7-8,15H,5-6,13H2,1-2H3. The van der Waals surface area contributed by atoms with Crippen LogP contribution in [0.3, 0.4) is 0 Å². The maximum Gasteiger partial charge on any atom is 0.245 e. The van der Waals surface area contributed by atoms with Crippen LogP contribution in [-0.2, 0) is 10.0 Å². The summed E-state index contributed by atoms with van der Waals surface area (Å²) in [6.07, 6.45) is 0. The average Bonchev–Trinajstić information content (AvgIpc) is 2.28. The van der Waals surface area contributed by atoms with Crippen molar-refractivity contribution in [3.63, 3.8) is 0 Å². The van der Waals surface area contributed by atoms with Gasteiger partial charge in [0.15, 0.2) is 0 Å². The van der Waals surface area contributed by atoms with Gasteiger partial charge in [-0.05, 0) is 32.0 Å². The second-order valence-electron chi connectivity index (χ2n) is 4.12. The molecule has 1 aromatic rings. The SMILES string of the molecule is CC(C)N(CCO)S(=O)(=O)c1cc(Cl)ccc1N. The quantitative estimate of drug-likeness (QED) is 0.802. The molecule has 0 saturated carbocycles. The van der Waals surface area contributed by atoms with Crippen molar-refractivity contribution in [1.82, 2.24) is 4.31 Å². The first kappa shape index (κ1) is 15.2. The van der Waals surface area contributed by atoms with Gasteiger partial charge < -0.3 is 10.8 Å². The third-order valence-corrected chi connectivity index (χ3v) is 4.82. The lowest BCUT2D eigenvalue weighted by Gasteiger charge is -2.25. The highest BCUT2D eigenvalue weighted by Gasteiger charge is 2.28. The molecule has 1 aromatic carbocycles. The minimum Gasteiger partial charge on any atom is -0.398 e. The molecule has 5 nitrogen and oxygen atoms in total. The van der Waals surface area contributed by atoms with Crippen LogP contribution in [0.15, 0.2) is 23.1 Å². The Kier molecular flexibility index (Phi) is 4.98. The summed E-state index contributed by atoms with van der Waals surface area (Å²) in [4.78, 5) is -0.0304. The zero-order valence-electron chi connectivity index (χ0n) is 10.3. The molecule has 0 amide bonds. The van der Waals surface area contributed by atoms with Crippen molar-refractivity contribution in [2.45, 2.75) is 24.8 Å². The summed E-state index contributed by atoms with van der Waals surface area (Å²) in [6, 6.07) is 4.02. The number of aliphatic hydroxyl groups is 1. The van der Waals surface area contributed by atoms with Crippen LogP contribution >= 0.6 is 11.6 Å². The van der Waals surface area contributed by atoms with Gasteiger partial charge in [-0.15, -0.1) is 0 Å². The molecule has 0 aliphatic heterocycles. The first-order valence-electron chi connectivity index (χ1n) is 5.48. The van der Waals surface area contributed by atoms with Gasteiger partial charge in [-0.2, -0.15) is 4.31 Å². The first-order chi connectivity index (χ1) is 8.30. The van der Waals surface area contributed by atoms with Gasteiger partial charge in [0.1, 0.15) is 4.90 Å². The maximum absolute atomic E-state index is 12.4. The number of halogens is 1. The molecule has 1 rings (SSSR count). The van der Waals surface area contributed by atoms with E-state index in [1.165, 1.54) is 22.5 Å². The van der Waals surface area contributed by atoms with Crippen molar-refractivity contribution in [2.75, 3.05) is 18.9 Å². The van der Waals surface area contributed by atoms with E-state index < -0.39 is 10.0 Å². The number of hydrogen-bond acceptors (Lipinski definition) is 4. The van der Waals surface area contributed by atoms with E-state index in [1.807, 2.05) is 0 Å². The van der Waals surface area contributed by atoms with E-state index in [0.29, 0.717) is 5.02 Å². The summed E-state index contributed by atoms with van der Waals surface area (Å²) in [6.45, 7) is 3.23. The van der Waals surface area contributed by atoms with Crippen molar-refractivity contribution in [3.05, 3.63) is 23.2 Å². The minimum absolute atomic E-state index is 0.0198. The van der Waals surface area contributed by atoms with E-state index in [0.717, 1.165) is 0 Å². The Balaban J connectivity index is 3.30. The lowest BCUT2D eigenvalue weighted by Crippen LogP contribution is -2.39. The molecular weight excluding hydrogens is 276 g/mol. The van der Waals surface area contributed by atoms with Gasteiger partial charge >= 0.3 is 0 Å². The predicted octanol–water partition coefficient (Wildman–Crippen LogP) is 1.31. The fourth-order valence-corrected chi connectivity index (χ4v) is 3.62. The van der Waals surface area contributed by atoms with Gasteiger partial charge in [0.25, 0.3) is 0 Å². The fourth-order valence-electron chi connectivity index (χ4n) is 1.61. The Morgan fingerprint density at radius 2 is 2.06 bits per heavy atom. The van der Waals surface area contributed by atoms with Crippen LogP contribution in [0, 0.1) is 0 Å². The van der Waals surface area contributed by atoms with E-state index >= 15 is 0 Å². The van der Waals surface area contributed by atoms with Crippen LogP contribution in [0.1, 0.15) is 13.8 Å². The zero-order chi connectivity index (χ0) is 13.9. The van der Waals surface area contributed by atoms with E-state index in [9.17, 15) is 8.42 Å². The topological polar surface area (TPSA) is 83.6 Å². The van der Waals surface area contributed by atoms with E-state index in [1.54, 1.807) is 13.8 Å². The third-order valence-electron chi connectivity index (χ3n) is 2.46. The van der Waals surface area contributed by atoms with Crippen molar-refractivity contribution in [2.24, 2.45) is 0 Å². The van der Waals surface area contributed by atoms with Crippen LogP contribution in [0.25, 0.3) is 0 Å². The van der Waals surface area contributed by atoms with E-state index in [2.05, 4.69) is 0 Å². The summed E-state index contributed by atoms with van der Waals surface area (Å²) < 4.78 is 26.0. The molecule has 0 saturated heterocycles. The number of nitrogen functional groups attached to an aromatic ring is 1. The van der Waals surface area contributed by atoms with Gasteiger partial charge in [-0.25, -0.2) is 8.42 Å². The zero-order valence-corrected chi connectivity index (χ0v) is 11.9. The Morgan fingerprint density at radius 3 is 2.56 bits per heavy atom. The molecule has 0 spiro atoms. The number of aliphatic hydroxyl groups excluding tert-OH is 1. The van der Waals surface area contributed by atoms with Crippen molar-refractivity contribution < 1.29 is 13.5 Å². The molecule has 0 aliphatic rings. The van der Waals surface area contributed by atoms with Gasteiger partial charge in [0.05, 0.1) is 12.3 Å². The molecule has 7 heteroatoms. The van der Waals surface area contributed by atoms with E-state index in [-0.39, 0.29) is 29.8 Å². The van der Waals surface area contributed by atoms with Crippen LogP contribution in [0.4, 0.5) is 5.69 Å². The normalized spacial score (nSPS) is 12.3. The Hall–Kier alpha value is -0.820. The number of rotatable bonds is 5. The van der Waals surface area contributed by atoms with Crippen LogP contribution in [0.2, 0.25) is 5.02 Å². The Morgan fingerprint density at radius 1 is 1.44 bits per heavy atom. The summed E-state index contributed by atoms with van der Waals surface area (Å²) >= 11 is 5.80. The Labute approximate surface area is 112 Å². The molecule has 0 atom stereocenters. The van der Waals surface area contributed by atoms with E-state index in [4.69, 9.17) is 22.4 Å². The highest BCUT2D eigenvalue weighted by molar-refractivity contribution is 7.89. The molecule has 0 aliphatic carbocycles. The highest BCUT2D eigenvalue weighted by Crippen LogP contribution is 2.26. The molecule has 18 heavy (non-hydrogen) atoms. The molecule has 0 aromatic heterocycles. The summed E-state index contributed by atoms with van der Waals surface area (Å²) in [5, 5.41) is 9.26. The molecule has 0 radical (unpaired) electrons. The fraction of sp³-hybridized carbons (Fsp3) is 0.455. The van der Waals surface area contributed by atoms with Gasteiger partial charge in [-0.1, -0.05) is 11.6 Å². The summed E-state index contributed by atoms with van der Waals surface area (Å²) in [5.74, 6) is 0. The number of anilines is 1. The molecule has 102 valence electrons. The van der Waals surface area contributed by atoms with Crippen LogP contribution in [-0.4, -0.2) is 37.0 Å². The predicted molar refractivity (Wildman–Crippen MR) is 72.0 cm³/mol. The smallest absolute Gasteiger partial charge is 0.245 e. The number of nitrogens with zero attached hydrogens (tertiary/aromatic N) is 1. The highest BCUT2D eigenvalue weighted by atomic mass is 35.5. The largest absolute Gasteiger partial charge is 0.398 e. The monoisotopic (exact) mass is 292 g/mol. The third kappa shape index (κ3) is 3.14. The summed E-state index contributed by atoms with van der Waals surface area (Å²) in [5.41, 5.74) is 5.82. The maximum atomic E-state index is 12.4. The van der Waals surface area contributed by atoms with Crippen molar-refractivity contribution in [3.8, 4) is 0 Å². The van der Waals surface area contributed by atoms with Crippen LogP contribution in [0.5, 0.6) is 0 Å². The lowest BCUT2D eigenvalue weighted by molar-refractivity contribution is 0.236. The summed E-state index contributed by atoms with van der Waals surface area (Å²) in [7, 11) is -3.75. The number of benzene rings is 1. The molecule has 0 bridgehead atoms. The second-order valence-corrected chi connectivity index (χ2v) is 6.41. The lowest BCUT2D eigenvalue weighted by atomic mass is 10.3. The molecule has 0 fully saturated rings. The number of sulfonamides is 1. The molecule has 3 N–H and O–H groups in total. The molecular formula is C11H17ClN2O3S. The van der Waals surface area contributed by atoms with Crippen molar-refractivity contribution in [1.29, 1.82) is 0 Å². The van der Waals surface area contributed by atoms with Crippen LogP contribution < -0.4 is 5.73 Å². The Bertz CT molecular complexity index is 517. The molecule has 0 heterocycles. The number of hydrogen-bond donors (Lipinski definition) is 2. The minimum atomic E-state index is -3.75. The van der Waals surface area contributed by atoms with Gasteiger partial charge in [-0.3, -0.25) is 0 Å². The first-order valence-corrected chi connectivity index (χ1v) is 7.30. The number of nitrogens with two attached hydrogens (primary N) is 1. The van der Waals surface area contributed by atoms with Crippen molar-refractivity contribution >= 4 is 27.3 Å². The second kappa shape index (κ2) is 5.88. The average molecular weight is 293 g/mol. The molecule has 0 unspecified atom stereocenters. The van der Waals surface area contributed by atoms with Gasteiger partial charge in [0, 0.05) is 17.6 Å².